The largest absolute Gasteiger partial charge is 0.384 e. The van der Waals surface area contributed by atoms with Crippen LogP contribution in [-0.4, -0.2) is 34.6 Å². The van der Waals surface area contributed by atoms with Crippen molar-refractivity contribution in [2.45, 2.75) is 20.8 Å². The van der Waals surface area contributed by atoms with E-state index in [1.54, 1.807) is 28.9 Å². The van der Waals surface area contributed by atoms with Gasteiger partial charge in [-0.3, -0.25) is 10.2 Å². The van der Waals surface area contributed by atoms with Gasteiger partial charge in [-0.15, -0.1) is 0 Å². The van der Waals surface area contributed by atoms with Crippen LogP contribution < -0.4 is 16.0 Å². The number of nitrogens with two attached hydrogens (primary N) is 1. The number of amidine groups is 1. The molecule has 150 valence electrons. The maximum Gasteiger partial charge on any atom is 0.274 e. The Kier molecular flexibility index (Phi) is 5.97. The molecule has 1 amide bonds. The predicted molar refractivity (Wildman–Crippen MR) is 117 cm³/mol. The predicted octanol–water partition coefficient (Wildman–Crippen LogP) is 3.56. The van der Waals surface area contributed by atoms with Gasteiger partial charge in [0.15, 0.2) is 0 Å². The lowest BCUT2D eigenvalue weighted by molar-refractivity contribution is 0.101. The number of hydrogen-bond acceptors (Lipinski definition) is 4. The van der Waals surface area contributed by atoms with Gasteiger partial charge < -0.3 is 16.0 Å². The van der Waals surface area contributed by atoms with Crippen LogP contribution in [0.15, 0.2) is 54.6 Å². The molecule has 1 heterocycles. The summed E-state index contributed by atoms with van der Waals surface area (Å²) < 4.78 is 1.57. The van der Waals surface area contributed by atoms with Gasteiger partial charge in [-0.05, 0) is 63.2 Å². The first-order valence-electron chi connectivity index (χ1n) is 9.60. The smallest absolute Gasteiger partial charge is 0.274 e. The molecule has 7 heteroatoms. The Hall–Kier alpha value is -3.61. The van der Waals surface area contributed by atoms with E-state index in [1.165, 1.54) is 0 Å². The van der Waals surface area contributed by atoms with Crippen molar-refractivity contribution in [3.05, 3.63) is 71.5 Å². The van der Waals surface area contributed by atoms with Gasteiger partial charge in [0.05, 0.1) is 11.4 Å². The number of aromatic nitrogens is 2. The summed E-state index contributed by atoms with van der Waals surface area (Å²) in [6.45, 7) is 7.93. The van der Waals surface area contributed by atoms with Crippen molar-refractivity contribution in [3.63, 3.8) is 0 Å². The van der Waals surface area contributed by atoms with Crippen molar-refractivity contribution in [2.24, 2.45) is 5.73 Å². The molecule has 29 heavy (non-hydrogen) atoms. The highest BCUT2D eigenvalue weighted by molar-refractivity contribution is 6.03. The van der Waals surface area contributed by atoms with Crippen LogP contribution >= 0.6 is 0 Å². The first-order valence-corrected chi connectivity index (χ1v) is 9.60. The van der Waals surface area contributed by atoms with Gasteiger partial charge >= 0.3 is 0 Å². The molecule has 0 aliphatic heterocycles. The fourth-order valence-corrected chi connectivity index (χ4v) is 3.20. The third-order valence-electron chi connectivity index (χ3n) is 4.72. The molecular formula is C22H26N6O. The summed E-state index contributed by atoms with van der Waals surface area (Å²) >= 11 is 0. The first kappa shape index (κ1) is 20.1. The minimum absolute atomic E-state index is 0.0324. The molecule has 2 aromatic carbocycles. The van der Waals surface area contributed by atoms with Crippen molar-refractivity contribution in [3.8, 4) is 5.69 Å². The molecule has 0 spiro atoms. The van der Waals surface area contributed by atoms with Gasteiger partial charge in [0.25, 0.3) is 5.91 Å². The zero-order chi connectivity index (χ0) is 21.0. The average Bonchev–Trinajstić information content (AvgIpc) is 3.12. The molecule has 0 aliphatic carbocycles. The number of nitrogens with zero attached hydrogens (tertiary/aromatic N) is 3. The van der Waals surface area contributed by atoms with Gasteiger partial charge in [-0.2, -0.15) is 5.10 Å². The van der Waals surface area contributed by atoms with E-state index in [9.17, 15) is 4.79 Å². The summed E-state index contributed by atoms with van der Waals surface area (Å²) in [5.74, 6) is -0.288. The number of benzene rings is 2. The second kappa shape index (κ2) is 8.60. The molecule has 0 atom stereocenters. The summed E-state index contributed by atoms with van der Waals surface area (Å²) in [7, 11) is 0. The molecular weight excluding hydrogens is 364 g/mol. The van der Waals surface area contributed by atoms with E-state index >= 15 is 0 Å². The quantitative estimate of drug-likeness (QED) is 0.424. The molecule has 0 fully saturated rings. The van der Waals surface area contributed by atoms with E-state index in [4.69, 9.17) is 11.1 Å². The minimum atomic E-state index is -0.255. The molecule has 0 bridgehead atoms. The lowest BCUT2D eigenvalue weighted by Crippen LogP contribution is -2.21. The molecule has 3 rings (SSSR count). The number of aryl methyl sites for hydroxylation is 1. The Bertz CT molecular complexity index is 1020. The van der Waals surface area contributed by atoms with E-state index in [0.29, 0.717) is 22.6 Å². The van der Waals surface area contributed by atoms with Crippen LogP contribution in [0.4, 0.5) is 11.4 Å². The highest BCUT2D eigenvalue weighted by Crippen LogP contribution is 2.20. The molecule has 0 radical (unpaired) electrons. The summed E-state index contributed by atoms with van der Waals surface area (Å²) in [4.78, 5) is 15.2. The van der Waals surface area contributed by atoms with Crippen molar-refractivity contribution in [1.29, 1.82) is 5.41 Å². The Labute approximate surface area is 170 Å². The van der Waals surface area contributed by atoms with Crippen molar-refractivity contribution >= 4 is 23.1 Å². The highest BCUT2D eigenvalue weighted by atomic mass is 16.2. The summed E-state index contributed by atoms with van der Waals surface area (Å²) in [6.07, 6.45) is 0. The van der Waals surface area contributed by atoms with Crippen LogP contribution in [-0.2, 0) is 0 Å². The second-order valence-electron chi connectivity index (χ2n) is 6.72. The molecule has 3 aromatic rings. The molecule has 7 nitrogen and oxygen atoms in total. The lowest BCUT2D eigenvalue weighted by Gasteiger charge is -2.21. The fourth-order valence-electron chi connectivity index (χ4n) is 3.20. The minimum Gasteiger partial charge on any atom is -0.384 e. The van der Waals surface area contributed by atoms with Gasteiger partial charge in [0.2, 0.25) is 0 Å². The average molecular weight is 390 g/mol. The number of anilines is 2. The van der Waals surface area contributed by atoms with Crippen LogP contribution in [0.25, 0.3) is 5.69 Å². The Morgan fingerprint density at radius 1 is 1.14 bits per heavy atom. The second-order valence-corrected chi connectivity index (χ2v) is 6.72. The van der Waals surface area contributed by atoms with E-state index in [2.05, 4.69) is 29.2 Å². The molecule has 0 aliphatic rings. The normalized spacial score (nSPS) is 10.6. The molecule has 0 saturated heterocycles. The maximum atomic E-state index is 12.9. The summed E-state index contributed by atoms with van der Waals surface area (Å²) in [5, 5.41) is 15.0. The fraction of sp³-hybridized carbons (Fsp3) is 0.227. The van der Waals surface area contributed by atoms with Crippen molar-refractivity contribution in [2.75, 3.05) is 23.3 Å². The molecule has 0 unspecified atom stereocenters. The zero-order valence-electron chi connectivity index (χ0n) is 16.9. The Balaban J connectivity index is 1.85. The third-order valence-corrected chi connectivity index (χ3v) is 4.72. The third kappa shape index (κ3) is 4.45. The van der Waals surface area contributed by atoms with Crippen LogP contribution in [0, 0.1) is 12.3 Å². The maximum absolute atomic E-state index is 12.9. The van der Waals surface area contributed by atoms with E-state index in [1.807, 2.05) is 37.3 Å². The van der Waals surface area contributed by atoms with Gasteiger partial charge in [0.1, 0.15) is 11.5 Å². The number of nitrogen functional groups attached to an aromatic ring is 1. The lowest BCUT2D eigenvalue weighted by atomic mass is 10.2. The van der Waals surface area contributed by atoms with Gasteiger partial charge in [-0.1, -0.05) is 12.1 Å². The Morgan fingerprint density at radius 3 is 2.45 bits per heavy atom. The van der Waals surface area contributed by atoms with Crippen molar-refractivity contribution in [1.82, 2.24) is 9.78 Å². The zero-order valence-corrected chi connectivity index (χ0v) is 16.9. The standard InChI is InChI=1S/C22H26N6O/c1-4-27(5-2)18-11-9-17(10-12-18)25-22(29)20-13-15(3)26-28(20)19-8-6-7-16(14-19)21(23)24/h6-14H,4-5H2,1-3H3,(H3,23,24)(H,25,29). The van der Waals surface area contributed by atoms with Crippen LogP contribution in [0.1, 0.15) is 35.6 Å². The first-order chi connectivity index (χ1) is 13.9. The number of rotatable bonds is 7. The number of carbonyl (C=O) groups excluding carboxylic acids is 1. The Morgan fingerprint density at radius 2 is 1.83 bits per heavy atom. The van der Waals surface area contributed by atoms with Crippen LogP contribution in [0.5, 0.6) is 0 Å². The monoisotopic (exact) mass is 390 g/mol. The van der Waals surface area contributed by atoms with Crippen LogP contribution in [0.2, 0.25) is 0 Å². The molecule has 1 aromatic heterocycles. The number of amides is 1. The van der Waals surface area contributed by atoms with E-state index in [-0.39, 0.29) is 11.7 Å². The number of carbonyl (C=O) groups is 1. The van der Waals surface area contributed by atoms with E-state index < -0.39 is 0 Å². The number of hydrogen-bond donors (Lipinski definition) is 3. The van der Waals surface area contributed by atoms with Crippen molar-refractivity contribution < 1.29 is 4.79 Å². The topological polar surface area (TPSA) is 100 Å². The molecule has 4 N–H and O–H groups in total. The highest BCUT2D eigenvalue weighted by Gasteiger charge is 2.16. The van der Waals surface area contributed by atoms with E-state index in [0.717, 1.165) is 24.5 Å². The van der Waals surface area contributed by atoms with Crippen LogP contribution in [0.3, 0.4) is 0 Å². The summed E-state index contributed by atoms with van der Waals surface area (Å²) in [5.41, 5.74) is 9.81. The van der Waals surface area contributed by atoms with Gasteiger partial charge in [0, 0.05) is 30.0 Å². The summed E-state index contributed by atoms with van der Waals surface area (Å²) in [6, 6.07) is 16.6. The molecule has 0 saturated carbocycles. The SMILES string of the molecule is CCN(CC)c1ccc(NC(=O)c2cc(C)nn2-c2cccc(C(=N)N)c2)cc1. The van der Waals surface area contributed by atoms with Gasteiger partial charge in [-0.25, -0.2) is 4.68 Å². The number of nitrogens with one attached hydrogen (secondary N) is 2.